The van der Waals surface area contributed by atoms with E-state index in [-0.39, 0.29) is 29.0 Å². The maximum absolute atomic E-state index is 14.7. The number of halogens is 1. The van der Waals surface area contributed by atoms with Gasteiger partial charge in [0.1, 0.15) is 11.2 Å². The van der Waals surface area contributed by atoms with Crippen molar-refractivity contribution in [2.45, 2.75) is 38.6 Å². The molecule has 5 rings (SSSR count). The first-order valence-corrected chi connectivity index (χ1v) is 13.0. The van der Waals surface area contributed by atoms with Gasteiger partial charge in [0.25, 0.3) is 11.8 Å². The van der Waals surface area contributed by atoms with Gasteiger partial charge in [0.05, 0.1) is 34.6 Å². The minimum absolute atomic E-state index is 0.0625. The number of fused-ring (bicyclic) bond motifs is 1. The molecule has 0 unspecified atom stereocenters. The Morgan fingerprint density at radius 1 is 1.21 bits per heavy atom. The van der Waals surface area contributed by atoms with Crippen LogP contribution in [-0.4, -0.2) is 58.4 Å². The second-order valence-electron chi connectivity index (χ2n) is 10.3. The number of primary amides is 1. The van der Waals surface area contributed by atoms with Crippen LogP contribution in [0.3, 0.4) is 0 Å². The number of benzene rings is 1. The molecule has 2 aliphatic rings. The molecule has 2 fully saturated rings. The molecular formula is C28H30FN7O3. The van der Waals surface area contributed by atoms with Crippen molar-refractivity contribution >= 4 is 28.9 Å². The molecule has 3 amide bonds. The van der Waals surface area contributed by atoms with E-state index in [2.05, 4.69) is 21.8 Å². The summed E-state index contributed by atoms with van der Waals surface area (Å²) in [5.74, 6) is -1.86. The van der Waals surface area contributed by atoms with Crippen LogP contribution in [0.4, 0.5) is 10.1 Å². The number of carbonyl (C=O) groups is 3. The fourth-order valence-electron chi connectivity index (χ4n) is 5.57. The van der Waals surface area contributed by atoms with Crippen molar-refractivity contribution in [1.82, 2.24) is 19.8 Å². The smallest absolute Gasteiger partial charge is 0.253 e. The number of anilines is 1. The van der Waals surface area contributed by atoms with Crippen molar-refractivity contribution in [3.05, 3.63) is 53.6 Å². The molecule has 1 aromatic carbocycles. The molecule has 10 nitrogen and oxygen atoms in total. The second kappa shape index (κ2) is 10.0. The molecule has 11 heteroatoms. The maximum Gasteiger partial charge on any atom is 0.253 e. The number of hydrogen-bond acceptors (Lipinski definition) is 6. The Bertz CT molecular complexity index is 1520. The van der Waals surface area contributed by atoms with E-state index in [1.165, 1.54) is 25.4 Å². The van der Waals surface area contributed by atoms with Crippen LogP contribution in [0.2, 0.25) is 0 Å². The van der Waals surface area contributed by atoms with E-state index < -0.39 is 23.0 Å². The van der Waals surface area contributed by atoms with Gasteiger partial charge >= 0.3 is 0 Å². The third-order valence-corrected chi connectivity index (χ3v) is 8.09. The molecule has 3 aromatic rings. The molecule has 0 bridgehead atoms. The SMILES string of the molecule is CC[C@@H]1CN(C(=O)C2(C#N)CCC2)C[C@H]1Nc1c(C(N)=O)cnn2cc(-c3ccc(C(=O)NC)c(F)c3)cc12. The van der Waals surface area contributed by atoms with Gasteiger partial charge < -0.3 is 21.3 Å². The minimum Gasteiger partial charge on any atom is -0.378 e. The molecular weight excluding hydrogens is 501 g/mol. The van der Waals surface area contributed by atoms with E-state index in [0.29, 0.717) is 48.3 Å². The Balaban J connectivity index is 1.49. The fraction of sp³-hybridized carbons (Fsp3) is 0.393. The summed E-state index contributed by atoms with van der Waals surface area (Å²) in [5.41, 5.74) is 7.11. The average molecular weight is 532 g/mol. The Morgan fingerprint density at radius 3 is 2.56 bits per heavy atom. The van der Waals surface area contributed by atoms with E-state index in [9.17, 15) is 24.0 Å². The fourth-order valence-corrected chi connectivity index (χ4v) is 5.57. The predicted molar refractivity (Wildman–Crippen MR) is 142 cm³/mol. The largest absolute Gasteiger partial charge is 0.378 e. The van der Waals surface area contributed by atoms with Crippen LogP contribution < -0.4 is 16.4 Å². The number of nitriles is 1. The second-order valence-corrected chi connectivity index (χ2v) is 10.3. The highest BCUT2D eigenvalue weighted by molar-refractivity contribution is 6.02. The first-order valence-electron chi connectivity index (χ1n) is 13.0. The molecule has 1 aliphatic heterocycles. The third-order valence-electron chi connectivity index (χ3n) is 8.09. The van der Waals surface area contributed by atoms with Gasteiger partial charge in [-0.3, -0.25) is 14.4 Å². The van der Waals surface area contributed by atoms with Crippen molar-refractivity contribution in [1.29, 1.82) is 5.26 Å². The highest BCUT2D eigenvalue weighted by Crippen LogP contribution is 2.43. The zero-order chi connectivity index (χ0) is 27.9. The molecule has 3 heterocycles. The summed E-state index contributed by atoms with van der Waals surface area (Å²) in [7, 11) is 1.43. The van der Waals surface area contributed by atoms with Crippen LogP contribution in [0.15, 0.2) is 36.7 Å². The standard InChI is InChI=1S/C28H30FN7O3/c1-3-16-12-35(27(39)28(15-30)7-4-8-28)14-22(16)34-24-20(25(31)37)11-33-36-13-18(10-23(24)36)17-5-6-19(21(29)9-17)26(38)32-2/h5-6,9-11,13,16,22,34H,3-4,7-8,12,14H2,1-2H3,(H2,31,37)(H,32,38)/t16-,22-/m1/s1. The van der Waals surface area contributed by atoms with E-state index in [1.54, 1.807) is 27.7 Å². The topological polar surface area (TPSA) is 146 Å². The van der Waals surface area contributed by atoms with Crippen LogP contribution in [0.1, 0.15) is 53.3 Å². The monoisotopic (exact) mass is 531 g/mol. The number of rotatable bonds is 7. The molecule has 39 heavy (non-hydrogen) atoms. The molecule has 1 saturated heterocycles. The molecule has 2 aromatic heterocycles. The maximum atomic E-state index is 14.7. The zero-order valence-corrected chi connectivity index (χ0v) is 21.8. The molecule has 0 spiro atoms. The van der Waals surface area contributed by atoms with Crippen LogP contribution in [0.5, 0.6) is 0 Å². The third kappa shape index (κ3) is 4.46. The summed E-state index contributed by atoms with van der Waals surface area (Å²) in [5, 5.41) is 19.9. The lowest BCUT2D eigenvalue weighted by atomic mass is 9.69. The summed E-state index contributed by atoms with van der Waals surface area (Å²) in [6.45, 7) is 2.96. The van der Waals surface area contributed by atoms with Gasteiger partial charge in [-0.05, 0) is 55.4 Å². The normalized spacial score (nSPS) is 19.8. The summed E-state index contributed by atoms with van der Waals surface area (Å²) in [4.78, 5) is 39.3. The molecule has 2 atom stereocenters. The van der Waals surface area contributed by atoms with Gasteiger partial charge in [-0.2, -0.15) is 10.4 Å². The quantitative estimate of drug-likeness (QED) is 0.427. The summed E-state index contributed by atoms with van der Waals surface area (Å²) < 4.78 is 16.2. The van der Waals surface area contributed by atoms with Crippen LogP contribution in [0, 0.1) is 28.5 Å². The summed E-state index contributed by atoms with van der Waals surface area (Å²) >= 11 is 0. The predicted octanol–water partition coefficient (Wildman–Crippen LogP) is 2.94. The van der Waals surface area contributed by atoms with E-state index >= 15 is 0 Å². The van der Waals surface area contributed by atoms with Crippen molar-refractivity contribution in [2.75, 3.05) is 25.5 Å². The van der Waals surface area contributed by atoms with Gasteiger partial charge in [0.15, 0.2) is 0 Å². The lowest BCUT2D eigenvalue weighted by Crippen LogP contribution is -2.46. The number of amides is 3. The highest BCUT2D eigenvalue weighted by atomic mass is 19.1. The van der Waals surface area contributed by atoms with E-state index in [1.807, 2.05) is 6.92 Å². The Hall–Kier alpha value is -4.46. The average Bonchev–Trinajstić information content (AvgIpc) is 3.52. The first-order chi connectivity index (χ1) is 18.7. The van der Waals surface area contributed by atoms with Gasteiger partial charge in [0, 0.05) is 37.9 Å². The van der Waals surface area contributed by atoms with Gasteiger partial charge in [-0.1, -0.05) is 13.0 Å². The lowest BCUT2D eigenvalue weighted by molar-refractivity contribution is -0.142. The Labute approximate surface area is 224 Å². The van der Waals surface area contributed by atoms with E-state index in [4.69, 9.17) is 5.73 Å². The minimum atomic E-state index is -0.922. The summed E-state index contributed by atoms with van der Waals surface area (Å²) in [6.07, 6.45) is 5.92. The summed E-state index contributed by atoms with van der Waals surface area (Å²) in [6, 6.07) is 8.17. The van der Waals surface area contributed by atoms with Gasteiger partial charge in [-0.15, -0.1) is 0 Å². The molecule has 0 radical (unpaired) electrons. The van der Waals surface area contributed by atoms with Crippen molar-refractivity contribution < 1.29 is 18.8 Å². The zero-order valence-electron chi connectivity index (χ0n) is 21.8. The molecule has 1 aliphatic carbocycles. The number of carbonyl (C=O) groups excluding carboxylic acids is 3. The number of nitrogens with zero attached hydrogens (tertiary/aromatic N) is 4. The van der Waals surface area contributed by atoms with Gasteiger partial charge in [-0.25, -0.2) is 8.91 Å². The first kappa shape index (κ1) is 26.2. The van der Waals surface area contributed by atoms with E-state index in [0.717, 1.165) is 12.8 Å². The molecule has 202 valence electrons. The number of hydrogen-bond donors (Lipinski definition) is 3. The van der Waals surface area contributed by atoms with Crippen molar-refractivity contribution in [2.24, 2.45) is 17.1 Å². The van der Waals surface area contributed by atoms with Crippen LogP contribution >= 0.6 is 0 Å². The van der Waals surface area contributed by atoms with Crippen LogP contribution in [0.25, 0.3) is 16.6 Å². The van der Waals surface area contributed by atoms with Crippen molar-refractivity contribution in [3.8, 4) is 17.2 Å². The lowest BCUT2D eigenvalue weighted by Gasteiger charge is -2.36. The van der Waals surface area contributed by atoms with Gasteiger partial charge in [0.2, 0.25) is 5.91 Å². The van der Waals surface area contributed by atoms with Crippen LogP contribution in [-0.2, 0) is 4.79 Å². The number of nitrogens with two attached hydrogens (primary N) is 1. The number of likely N-dealkylation sites (tertiary alicyclic amines) is 1. The number of aromatic nitrogens is 2. The Kier molecular flexibility index (Phi) is 6.72. The Morgan fingerprint density at radius 2 is 1.97 bits per heavy atom. The highest BCUT2D eigenvalue weighted by Gasteiger charge is 2.49. The molecule has 4 N–H and O–H groups in total. The van der Waals surface area contributed by atoms with Crippen molar-refractivity contribution in [3.63, 3.8) is 0 Å². The number of nitrogens with one attached hydrogen (secondary N) is 2. The molecule has 1 saturated carbocycles.